The van der Waals surface area contributed by atoms with E-state index in [0.29, 0.717) is 0 Å². The Kier molecular flexibility index (Phi) is 64.2. The number of rotatable bonds is 2. The van der Waals surface area contributed by atoms with E-state index in [9.17, 15) is 0 Å². The Morgan fingerprint density at radius 2 is 0.875 bits per heavy atom. The summed E-state index contributed by atoms with van der Waals surface area (Å²) in [6.07, 6.45) is 0. The van der Waals surface area contributed by atoms with Gasteiger partial charge in [0, 0.05) is 17.4 Å². The molecule has 6 nitrogen and oxygen atoms in total. The molecule has 0 bridgehead atoms. The molecule has 0 unspecified atom stereocenters. The second-order valence-corrected chi connectivity index (χ2v) is 11.0. The van der Waals surface area contributed by atoms with Gasteiger partial charge in [0.05, 0.1) is 27.3 Å². The fraction of sp³-hybridized carbons (Fsp3) is 0.455. The summed E-state index contributed by atoms with van der Waals surface area (Å²) in [5.41, 5.74) is 0. The summed E-state index contributed by atoms with van der Waals surface area (Å²) in [5, 5.41) is 0. The van der Waals surface area contributed by atoms with Crippen LogP contribution in [-0.2, 0) is 40.6 Å². The van der Waals surface area contributed by atoms with Gasteiger partial charge >= 0.3 is 65.0 Å². The van der Waals surface area contributed by atoms with E-state index in [1.54, 1.807) is 0 Å². The van der Waals surface area contributed by atoms with Crippen LogP contribution in [0, 0.1) is 39.8 Å². The second-order valence-electron chi connectivity index (χ2n) is 3.21. The molecule has 0 aliphatic rings. The molecule has 0 N–H and O–H groups in total. The molecule has 24 heavy (non-hydrogen) atoms. The topological polar surface area (TPSA) is 104 Å². The average molecular weight is 479 g/mol. The van der Waals surface area contributed by atoms with Crippen LogP contribution in [-0.4, -0.2) is 28.5 Å². The Balaban J connectivity index is -0.0000000305. The molecule has 0 aromatic carbocycles. The molecule has 0 saturated heterocycles. The summed E-state index contributed by atoms with van der Waals surface area (Å²) in [5.74, 6) is 0. The summed E-state index contributed by atoms with van der Waals surface area (Å²) >= 11 is 23.2. The first-order chi connectivity index (χ1) is 10.1. The monoisotopic (exact) mass is 477 g/mol. The van der Waals surface area contributed by atoms with Crippen LogP contribution in [0.15, 0.2) is 0 Å². The number of alkyl halides is 4. The van der Waals surface area contributed by atoms with Crippen LogP contribution in [0.5, 0.6) is 0 Å². The van der Waals surface area contributed by atoms with Gasteiger partial charge in [-0.1, -0.05) is 0 Å². The van der Waals surface area contributed by atoms with Crippen molar-refractivity contribution in [1.29, 1.82) is 0 Å². The van der Waals surface area contributed by atoms with Crippen molar-refractivity contribution in [2.75, 3.05) is 20.0 Å². The van der Waals surface area contributed by atoms with Crippen LogP contribution in [0.1, 0.15) is 0 Å². The van der Waals surface area contributed by atoms with E-state index in [-0.39, 0.29) is 22.1 Å². The second kappa shape index (κ2) is 31.1. The van der Waals surface area contributed by atoms with Crippen LogP contribution >= 0.6 is 53.7 Å². The summed E-state index contributed by atoms with van der Waals surface area (Å²) in [6.45, 7) is 34.9. The van der Waals surface area contributed by atoms with Crippen molar-refractivity contribution in [3.63, 3.8) is 0 Å². The summed E-state index contributed by atoms with van der Waals surface area (Å²) in [6, 6.07) is 0. The van der Waals surface area contributed by atoms with Crippen molar-refractivity contribution in [3.8, 4) is 0 Å². The molecule has 0 spiro atoms. The molecule has 0 aliphatic heterocycles. The molecule has 0 saturated carbocycles. The molecule has 0 rings (SSSR count). The first-order valence-electron chi connectivity index (χ1n) is 4.04. The van der Waals surface area contributed by atoms with Crippen molar-refractivity contribution >= 4 is 53.7 Å². The molecule has 0 atom stereocenters. The normalized spacial score (nSPS) is 7.50. The zero-order chi connectivity index (χ0) is 20.2. The van der Waals surface area contributed by atoms with Crippen LogP contribution in [0.3, 0.4) is 0 Å². The van der Waals surface area contributed by atoms with Gasteiger partial charge in [0.15, 0.2) is 0 Å². The molecule has 0 aliphatic carbocycles. The minimum atomic E-state index is -1.76. The summed E-state index contributed by atoms with van der Waals surface area (Å²) < 4.78 is 34.4. The molecule has 0 fully saturated rings. The van der Waals surface area contributed by atoms with Gasteiger partial charge in [-0.15, -0.1) is 0 Å². The predicted octanol–water partition coefficient (Wildman–Crippen LogP) is 0.889. The number of nitrogens with zero attached hydrogens (tertiary/aromatic N) is 1. The van der Waals surface area contributed by atoms with Crippen LogP contribution in [0.2, 0.25) is 0 Å². The first kappa shape index (κ1) is 49.6. The van der Waals surface area contributed by atoms with Gasteiger partial charge in [-0.3, -0.25) is 4.85 Å². The van der Waals surface area contributed by atoms with Gasteiger partial charge < -0.3 is 4.70 Å². The Morgan fingerprint density at radius 1 is 0.708 bits per heavy atom. The molecule has 0 radical (unpaired) electrons. The quantitative estimate of drug-likeness (QED) is 0.185. The fourth-order valence-electron chi connectivity index (χ4n) is 0.471. The number of halogens is 5. The van der Waals surface area contributed by atoms with E-state index in [0.717, 1.165) is 0 Å². The molecular weight excluding hydrogens is 470 g/mol. The third-order valence-corrected chi connectivity index (χ3v) is 8.33. The Labute approximate surface area is 171 Å². The van der Waals surface area contributed by atoms with Crippen LogP contribution < -0.4 is 4.70 Å². The molecule has 0 heterocycles. The predicted molar refractivity (Wildman–Crippen MR) is 79.8 cm³/mol. The Morgan fingerprint density at radius 3 is 0.917 bits per heavy atom. The smallest absolute Gasteiger partial charge is 0 e. The van der Waals surface area contributed by atoms with Gasteiger partial charge in [-0.05, 0) is 46.4 Å². The molecule has 0 amide bonds. The molecule has 0 aromatic rings. The Hall–Kier alpha value is 0.242. The maximum absolute atomic E-state index is 7.50. The van der Waals surface area contributed by atoms with E-state index < -0.39 is 15.8 Å². The van der Waals surface area contributed by atoms with Crippen LogP contribution in [0.4, 0.5) is 0 Å². The standard InChI is InChI=1S/C6H9Cl4NP.5CO.Cr.FH/c1-11-5(7,8)6(9,10)12(2,3)4;5*1-2;;/h2-4H3;;;;;;;1H/q+1;;;;;;;/p-1. The van der Waals surface area contributed by atoms with Crippen molar-refractivity contribution < 1.29 is 45.3 Å². The largest absolute Gasteiger partial charge is 1.00 e. The van der Waals surface area contributed by atoms with E-state index in [2.05, 4.69) is 38.1 Å². The molecule has 13 heteroatoms. The average Bonchev–Trinajstić information content (AvgIpc) is 2.55. The first-order valence-corrected chi connectivity index (χ1v) is 8.68. The minimum absolute atomic E-state index is 0. The van der Waals surface area contributed by atoms with E-state index in [4.69, 9.17) is 76.2 Å². The van der Waals surface area contributed by atoms with Gasteiger partial charge in [0.25, 0.3) is 0 Å². The van der Waals surface area contributed by atoms with E-state index >= 15 is 0 Å². The van der Waals surface area contributed by atoms with Crippen molar-refractivity contribution in [3.05, 3.63) is 44.7 Å². The van der Waals surface area contributed by atoms with Gasteiger partial charge in [-0.2, -0.15) is 0 Å². The van der Waals surface area contributed by atoms with Gasteiger partial charge in [0.2, 0.25) is 0 Å². The minimum Gasteiger partial charge on any atom is -1.00 e. The third kappa shape index (κ3) is 22.2. The molecule has 0 aromatic heterocycles. The third-order valence-electron chi connectivity index (χ3n) is 1.34. The zero-order valence-electron chi connectivity index (χ0n) is 12.2. The van der Waals surface area contributed by atoms with Crippen molar-refractivity contribution in [2.45, 2.75) is 8.53 Å². The van der Waals surface area contributed by atoms with E-state index in [1.165, 1.54) is 0 Å². The maximum Gasteiger partial charge on any atom is 0 e. The SMILES string of the molecule is [C-]#[N+]C(Cl)(Cl)C(Cl)(Cl)[P+](C)(C)C.[C-]#[O+].[C-]#[O+].[C-]#[O+].[C-]#[O+].[C-]#[O+].[Cr].[F-]. The van der Waals surface area contributed by atoms with Crippen molar-refractivity contribution in [2.24, 2.45) is 0 Å². The van der Waals surface area contributed by atoms with Crippen LogP contribution in [0.25, 0.3) is 4.85 Å². The fourth-order valence-corrected chi connectivity index (χ4v) is 2.93. The van der Waals surface area contributed by atoms with Crippen molar-refractivity contribution in [1.82, 2.24) is 0 Å². The Bertz CT molecular complexity index is 379. The summed E-state index contributed by atoms with van der Waals surface area (Å²) in [4.78, 5) is 3.00. The van der Waals surface area contributed by atoms with Gasteiger partial charge in [0.1, 0.15) is 0 Å². The number of hydrogen-bond acceptors (Lipinski definition) is 0. The number of hydrogen-bond donors (Lipinski definition) is 0. The maximum atomic E-state index is 7.50. The zero-order valence-corrected chi connectivity index (χ0v) is 17.4. The molecule has 134 valence electrons. The van der Waals surface area contributed by atoms with Gasteiger partial charge in [-0.25, -0.2) is 6.57 Å². The van der Waals surface area contributed by atoms with E-state index in [1.807, 2.05) is 20.0 Å². The summed E-state index contributed by atoms with van der Waals surface area (Å²) in [7, 11) is -1.70. The molecular formula is C11H9Cl4CrFNO5P.